The number of ketones is 1. The molecule has 2 aliphatic carbocycles. The van der Waals surface area contributed by atoms with Crippen LogP contribution in [0.3, 0.4) is 0 Å². The first-order valence-electron chi connectivity index (χ1n) is 11.6. The first-order valence-corrected chi connectivity index (χ1v) is 12.1. The van der Waals surface area contributed by atoms with Crippen LogP contribution in [-0.2, 0) is 19.1 Å². The highest BCUT2D eigenvalue weighted by atomic mass is 32.1. The molecule has 30 heavy (non-hydrogen) atoms. The molecule has 0 aromatic rings. The highest BCUT2D eigenvalue weighted by Gasteiger charge is 2.41. The maximum absolute atomic E-state index is 12.6. The highest BCUT2D eigenvalue weighted by Crippen LogP contribution is 2.38. The average Bonchev–Trinajstić information content (AvgIpc) is 2.62. The predicted molar refractivity (Wildman–Crippen MR) is 125 cm³/mol. The minimum atomic E-state index is -0.981. The van der Waals surface area contributed by atoms with E-state index >= 15 is 0 Å². The topological polar surface area (TPSA) is 52.6 Å². The summed E-state index contributed by atoms with van der Waals surface area (Å²) in [6.45, 7) is 13.6. The van der Waals surface area contributed by atoms with E-state index < -0.39 is 11.2 Å². The van der Waals surface area contributed by atoms with Crippen molar-refractivity contribution in [1.29, 1.82) is 0 Å². The lowest BCUT2D eigenvalue weighted by atomic mass is 9.74. The molecule has 172 valence electrons. The van der Waals surface area contributed by atoms with Gasteiger partial charge in [-0.25, -0.2) is 4.79 Å². The van der Waals surface area contributed by atoms with Gasteiger partial charge in [-0.15, -0.1) is 0 Å². The summed E-state index contributed by atoms with van der Waals surface area (Å²) in [5.74, 6) is 1.12. The summed E-state index contributed by atoms with van der Waals surface area (Å²) in [5, 5.41) is 0.458. The van der Waals surface area contributed by atoms with Gasteiger partial charge in [-0.1, -0.05) is 19.9 Å². The number of allylic oxidation sites excluding steroid dienone is 2. The summed E-state index contributed by atoms with van der Waals surface area (Å²) in [5.41, 5.74) is -1.51. The molecule has 0 radical (unpaired) electrons. The third-order valence-corrected chi connectivity index (χ3v) is 6.94. The molecule has 0 heterocycles. The molecule has 2 saturated carbocycles. The van der Waals surface area contributed by atoms with E-state index in [2.05, 4.69) is 32.6 Å². The number of rotatable bonds is 6. The number of hydrogen-bond donors (Lipinski definition) is 1. The van der Waals surface area contributed by atoms with Crippen LogP contribution in [0.25, 0.3) is 0 Å². The van der Waals surface area contributed by atoms with Gasteiger partial charge in [-0.2, -0.15) is 12.6 Å². The van der Waals surface area contributed by atoms with Crippen molar-refractivity contribution in [3.05, 3.63) is 12.2 Å². The fourth-order valence-corrected chi connectivity index (χ4v) is 5.08. The van der Waals surface area contributed by atoms with E-state index in [4.69, 9.17) is 9.47 Å². The molecule has 0 aliphatic heterocycles. The Bertz CT molecular complexity index is 614. The van der Waals surface area contributed by atoms with Gasteiger partial charge in [0.2, 0.25) is 0 Å². The molecule has 0 aromatic heterocycles. The molecule has 0 saturated heterocycles. The standard InChI is InChI=1S/C25H42O4S/c1-16-14-18(8-13-21(26)19-9-11-20(30)12-10-19)15-17(2)22(16)28-25(6,7)23(27)29-24(3,4)5/h8,13,16-20,22,30H,9-12,14-15H2,1-7H3/b13-8+. The molecule has 2 fully saturated rings. The minimum Gasteiger partial charge on any atom is -0.458 e. The molecule has 5 heteroatoms. The summed E-state index contributed by atoms with van der Waals surface area (Å²) >= 11 is 4.53. The third kappa shape index (κ3) is 7.40. The van der Waals surface area contributed by atoms with E-state index in [-0.39, 0.29) is 23.8 Å². The number of ether oxygens (including phenoxy) is 2. The zero-order valence-electron chi connectivity index (χ0n) is 19.9. The quantitative estimate of drug-likeness (QED) is 0.324. The van der Waals surface area contributed by atoms with E-state index in [1.165, 1.54) is 0 Å². The van der Waals surface area contributed by atoms with E-state index in [9.17, 15) is 9.59 Å². The molecule has 0 bridgehead atoms. The zero-order chi connectivity index (χ0) is 22.7. The van der Waals surface area contributed by atoms with Gasteiger partial charge >= 0.3 is 5.97 Å². The second-order valence-electron chi connectivity index (χ2n) is 11.0. The number of esters is 1. The van der Waals surface area contributed by atoms with E-state index in [1.54, 1.807) is 13.8 Å². The molecule has 0 amide bonds. The Balaban J connectivity index is 1.91. The Morgan fingerprint density at radius 2 is 1.47 bits per heavy atom. The normalized spacial score (nSPS) is 33.5. The molecule has 2 rings (SSSR count). The van der Waals surface area contributed by atoms with Crippen LogP contribution in [0, 0.1) is 23.7 Å². The van der Waals surface area contributed by atoms with Crippen LogP contribution < -0.4 is 0 Å². The molecule has 2 atom stereocenters. The van der Waals surface area contributed by atoms with Gasteiger partial charge in [0.05, 0.1) is 6.10 Å². The monoisotopic (exact) mass is 438 g/mol. The summed E-state index contributed by atoms with van der Waals surface area (Å²) in [4.78, 5) is 25.1. The van der Waals surface area contributed by atoms with Gasteiger partial charge in [0.15, 0.2) is 11.4 Å². The summed E-state index contributed by atoms with van der Waals surface area (Å²) < 4.78 is 11.9. The fraction of sp³-hybridized carbons (Fsp3) is 0.840. The Morgan fingerprint density at radius 1 is 0.933 bits per heavy atom. The van der Waals surface area contributed by atoms with Crippen molar-refractivity contribution in [3.63, 3.8) is 0 Å². The largest absolute Gasteiger partial charge is 0.458 e. The molecular weight excluding hydrogens is 396 g/mol. The molecule has 4 nitrogen and oxygen atoms in total. The van der Waals surface area contributed by atoms with Crippen molar-refractivity contribution in [2.45, 2.75) is 110 Å². The average molecular weight is 439 g/mol. The van der Waals surface area contributed by atoms with Crippen LogP contribution in [0.5, 0.6) is 0 Å². The summed E-state index contributed by atoms with van der Waals surface area (Å²) in [7, 11) is 0. The predicted octanol–water partition coefficient (Wildman–Crippen LogP) is 5.79. The number of carbonyl (C=O) groups is 2. The second kappa shape index (κ2) is 10.2. The maximum Gasteiger partial charge on any atom is 0.338 e. The Morgan fingerprint density at radius 3 is 1.97 bits per heavy atom. The summed E-state index contributed by atoms with van der Waals surface area (Å²) in [6, 6.07) is 0. The van der Waals surface area contributed by atoms with E-state index in [0.717, 1.165) is 38.5 Å². The van der Waals surface area contributed by atoms with Crippen molar-refractivity contribution in [2.24, 2.45) is 23.7 Å². The van der Waals surface area contributed by atoms with Crippen molar-refractivity contribution in [1.82, 2.24) is 0 Å². The summed E-state index contributed by atoms with van der Waals surface area (Å²) in [6.07, 6.45) is 9.89. The SMILES string of the molecule is CC1CC(/C=C/C(=O)C2CCC(S)CC2)CC(C)C1OC(C)(C)C(=O)OC(C)(C)C. The molecule has 2 unspecified atom stereocenters. The van der Waals surface area contributed by atoms with Gasteiger partial charge in [0, 0.05) is 11.2 Å². The minimum absolute atomic E-state index is 0.00136. The lowest BCUT2D eigenvalue weighted by Crippen LogP contribution is -2.47. The van der Waals surface area contributed by atoms with E-state index in [1.807, 2.05) is 26.8 Å². The van der Waals surface area contributed by atoms with Gasteiger partial charge in [-0.3, -0.25) is 4.79 Å². The van der Waals surface area contributed by atoms with Gasteiger partial charge in [0.1, 0.15) is 5.60 Å². The Hall–Kier alpha value is -0.810. The van der Waals surface area contributed by atoms with Crippen molar-refractivity contribution in [3.8, 4) is 0 Å². The molecule has 0 spiro atoms. The van der Waals surface area contributed by atoms with Crippen LogP contribution >= 0.6 is 12.6 Å². The fourth-order valence-electron chi connectivity index (χ4n) is 4.79. The first kappa shape index (κ1) is 25.5. The van der Waals surface area contributed by atoms with Crippen molar-refractivity contribution in [2.75, 3.05) is 0 Å². The van der Waals surface area contributed by atoms with Crippen LogP contribution in [0.15, 0.2) is 12.2 Å². The molecule has 2 aliphatic rings. The van der Waals surface area contributed by atoms with Crippen LogP contribution in [-0.4, -0.2) is 34.3 Å². The molecular formula is C25H42O4S. The molecule has 0 N–H and O–H groups in total. The Labute approximate surface area is 189 Å². The maximum atomic E-state index is 12.6. The third-order valence-electron chi connectivity index (χ3n) is 6.42. The number of carbonyl (C=O) groups excluding carboxylic acids is 2. The van der Waals surface area contributed by atoms with Crippen LogP contribution in [0.2, 0.25) is 0 Å². The van der Waals surface area contributed by atoms with Gasteiger partial charge < -0.3 is 9.47 Å². The highest BCUT2D eigenvalue weighted by molar-refractivity contribution is 7.80. The zero-order valence-corrected chi connectivity index (χ0v) is 20.8. The lowest BCUT2D eigenvalue weighted by molar-refractivity contribution is -0.195. The number of thiol groups is 1. The Kier molecular flexibility index (Phi) is 8.66. The number of hydrogen-bond acceptors (Lipinski definition) is 5. The lowest BCUT2D eigenvalue weighted by Gasteiger charge is -2.42. The smallest absolute Gasteiger partial charge is 0.338 e. The van der Waals surface area contributed by atoms with Crippen molar-refractivity contribution >= 4 is 24.4 Å². The van der Waals surface area contributed by atoms with Gasteiger partial charge in [-0.05, 0) is 97.0 Å². The van der Waals surface area contributed by atoms with Gasteiger partial charge in [0.25, 0.3) is 0 Å². The van der Waals surface area contributed by atoms with Crippen LogP contribution in [0.1, 0.15) is 87.0 Å². The van der Waals surface area contributed by atoms with Crippen molar-refractivity contribution < 1.29 is 19.1 Å². The first-order chi connectivity index (χ1) is 13.8. The molecule has 0 aromatic carbocycles. The van der Waals surface area contributed by atoms with E-state index in [0.29, 0.717) is 23.0 Å². The second-order valence-corrected chi connectivity index (χ2v) is 11.8. The van der Waals surface area contributed by atoms with Crippen LogP contribution in [0.4, 0.5) is 0 Å².